The molecule has 0 fully saturated rings. The Balaban J connectivity index is 2.36. The number of hydrogen-bond donors (Lipinski definition) is 0. The van der Waals surface area contributed by atoms with Crippen molar-refractivity contribution in [2.24, 2.45) is 0 Å². The highest BCUT2D eigenvalue weighted by Gasteiger charge is 2.32. The van der Waals surface area contributed by atoms with Crippen LogP contribution >= 0.6 is 27.5 Å². The molecule has 0 atom stereocenters. The van der Waals surface area contributed by atoms with Crippen LogP contribution in [0.25, 0.3) is 0 Å². The highest BCUT2D eigenvalue weighted by Crippen LogP contribution is 2.32. The molecule has 0 radical (unpaired) electrons. The molecule has 0 aliphatic heterocycles. The van der Waals surface area contributed by atoms with Crippen LogP contribution < -0.4 is 0 Å². The standard InChI is InChI=1S/C12H7BrClF3N2/c13-10-6-8(18-19-11(10)14)5-7-3-1-2-4-9(7)12(15,16)17/h1-4,6H,5H2. The Bertz CT molecular complexity index is 602. The van der Waals surface area contributed by atoms with E-state index in [-0.39, 0.29) is 17.1 Å². The van der Waals surface area contributed by atoms with Crippen molar-refractivity contribution < 1.29 is 13.2 Å². The van der Waals surface area contributed by atoms with Gasteiger partial charge in [-0.2, -0.15) is 18.3 Å². The normalized spacial score (nSPS) is 11.6. The molecule has 0 saturated heterocycles. The molecule has 0 saturated carbocycles. The van der Waals surface area contributed by atoms with E-state index in [4.69, 9.17) is 11.6 Å². The van der Waals surface area contributed by atoms with Crippen LogP contribution in [0.1, 0.15) is 16.8 Å². The molecule has 2 nitrogen and oxygen atoms in total. The largest absolute Gasteiger partial charge is 0.416 e. The lowest BCUT2D eigenvalue weighted by molar-refractivity contribution is -0.138. The molecule has 0 aliphatic carbocycles. The average molecular weight is 352 g/mol. The summed E-state index contributed by atoms with van der Waals surface area (Å²) in [5.74, 6) is 0. The third kappa shape index (κ3) is 3.45. The van der Waals surface area contributed by atoms with Gasteiger partial charge in [0.25, 0.3) is 0 Å². The molecule has 0 spiro atoms. The second-order valence-corrected chi connectivity index (χ2v) is 5.02. The Morgan fingerprint density at radius 2 is 1.84 bits per heavy atom. The van der Waals surface area contributed by atoms with Crippen LogP contribution in [0.4, 0.5) is 13.2 Å². The molecular formula is C12H7BrClF3N2. The monoisotopic (exact) mass is 350 g/mol. The lowest BCUT2D eigenvalue weighted by Gasteiger charge is -2.12. The van der Waals surface area contributed by atoms with Crippen LogP contribution in [0, 0.1) is 0 Å². The maximum atomic E-state index is 12.8. The zero-order valence-electron chi connectivity index (χ0n) is 9.38. The minimum atomic E-state index is -4.38. The van der Waals surface area contributed by atoms with E-state index in [0.717, 1.165) is 6.07 Å². The molecule has 1 aromatic carbocycles. The summed E-state index contributed by atoms with van der Waals surface area (Å²) in [5, 5.41) is 7.61. The molecule has 7 heteroatoms. The molecule has 1 aromatic heterocycles. The molecule has 1 heterocycles. The van der Waals surface area contributed by atoms with Gasteiger partial charge in [0.1, 0.15) is 0 Å². The first-order valence-electron chi connectivity index (χ1n) is 5.20. The van der Waals surface area contributed by atoms with Crippen LogP contribution in [0.3, 0.4) is 0 Å². The van der Waals surface area contributed by atoms with Gasteiger partial charge >= 0.3 is 6.18 Å². The topological polar surface area (TPSA) is 25.8 Å². The molecule has 2 aromatic rings. The molecule has 100 valence electrons. The van der Waals surface area contributed by atoms with Gasteiger partial charge in [-0.15, -0.1) is 5.10 Å². The van der Waals surface area contributed by atoms with Crippen molar-refractivity contribution in [2.75, 3.05) is 0 Å². The van der Waals surface area contributed by atoms with Crippen LogP contribution in [0.5, 0.6) is 0 Å². The van der Waals surface area contributed by atoms with Gasteiger partial charge in [-0.1, -0.05) is 29.8 Å². The molecule has 2 rings (SSSR count). The van der Waals surface area contributed by atoms with Crippen molar-refractivity contribution in [2.45, 2.75) is 12.6 Å². The second kappa shape index (κ2) is 5.46. The van der Waals surface area contributed by atoms with E-state index in [1.165, 1.54) is 12.1 Å². The lowest BCUT2D eigenvalue weighted by atomic mass is 10.0. The zero-order chi connectivity index (χ0) is 14.0. The van der Waals surface area contributed by atoms with E-state index in [1.54, 1.807) is 12.1 Å². The van der Waals surface area contributed by atoms with Crippen molar-refractivity contribution in [3.63, 3.8) is 0 Å². The van der Waals surface area contributed by atoms with Crippen molar-refractivity contribution in [1.82, 2.24) is 10.2 Å². The summed E-state index contributed by atoms with van der Waals surface area (Å²) >= 11 is 8.85. The van der Waals surface area contributed by atoms with Crippen LogP contribution in [0.15, 0.2) is 34.8 Å². The third-order valence-electron chi connectivity index (χ3n) is 2.45. The van der Waals surface area contributed by atoms with Gasteiger partial charge < -0.3 is 0 Å². The fourth-order valence-corrected chi connectivity index (χ4v) is 2.06. The Hall–Kier alpha value is -1.14. The number of nitrogens with zero attached hydrogens (tertiary/aromatic N) is 2. The number of benzene rings is 1. The van der Waals surface area contributed by atoms with Crippen LogP contribution in [0.2, 0.25) is 5.15 Å². The molecule has 19 heavy (non-hydrogen) atoms. The summed E-state index contributed by atoms with van der Waals surface area (Å²) in [6, 6.07) is 6.95. The minimum absolute atomic E-state index is 0.0401. The first kappa shape index (κ1) is 14.3. The van der Waals surface area contributed by atoms with Crippen molar-refractivity contribution >= 4 is 27.5 Å². The number of rotatable bonds is 2. The number of alkyl halides is 3. The SMILES string of the molecule is FC(F)(F)c1ccccc1Cc1cc(Br)c(Cl)nn1. The Morgan fingerprint density at radius 1 is 1.16 bits per heavy atom. The zero-order valence-corrected chi connectivity index (χ0v) is 11.7. The second-order valence-electron chi connectivity index (χ2n) is 3.81. The summed E-state index contributed by atoms with van der Waals surface area (Å²) in [6.45, 7) is 0. The highest BCUT2D eigenvalue weighted by molar-refractivity contribution is 9.10. The predicted octanol–water partition coefficient (Wildman–Crippen LogP) is 4.50. The fourth-order valence-electron chi connectivity index (χ4n) is 1.62. The van der Waals surface area contributed by atoms with E-state index in [2.05, 4.69) is 26.1 Å². The van der Waals surface area contributed by atoms with Gasteiger partial charge in [0, 0.05) is 6.42 Å². The smallest absolute Gasteiger partial charge is 0.166 e. The Labute approximate surface area is 120 Å². The Kier molecular flexibility index (Phi) is 4.10. The van der Waals surface area contributed by atoms with E-state index in [9.17, 15) is 13.2 Å². The predicted molar refractivity (Wildman–Crippen MR) is 69.0 cm³/mol. The molecule has 0 N–H and O–H groups in total. The molecule has 0 bridgehead atoms. The summed E-state index contributed by atoms with van der Waals surface area (Å²) in [7, 11) is 0. The lowest BCUT2D eigenvalue weighted by Crippen LogP contribution is -2.09. The highest BCUT2D eigenvalue weighted by atomic mass is 79.9. The van der Waals surface area contributed by atoms with Gasteiger partial charge in [0.05, 0.1) is 15.7 Å². The van der Waals surface area contributed by atoms with Gasteiger partial charge in [-0.25, -0.2) is 0 Å². The van der Waals surface area contributed by atoms with Gasteiger partial charge in [0.15, 0.2) is 5.15 Å². The molecule has 0 aliphatic rings. The molecular weight excluding hydrogens is 344 g/mol. The minimum Gasteiger partial charge on any atom is -0.166 e. The van der Waals surface area contributed by atoms with Crippen molar-refractivity contribution in [3.05, 3.63) is 56.8 Å². The van der Waals surface area contributed by atoms with E-state index < -0.39 is 11.7 Å². The maximum absolute atomic E-state index is 12.8. The van der Waals surface area contributed by atoms with E-state index >= 15 is 0 Å². The molecule has 0 amide bonds. The summed E-state index contributed by atoms with van der Waals surface area (Å²) < 4.78 is 39.0. The first-order valence-corrected chi connectivity index (χ1v) is 6.37. The van der Waals surface area contributed by atoms with Gasteiger partial charge in [0.2, 0.25) is 0 Å². The summed E-state index contributed by atoms with van der Waals surface area (Å²) in [6.07, 6.45) is -4.34. The van der Waals surface area contributed by atoms with Gasteiger partial charge in [-0.05, 0) is 33.6 Å². The summed E-state index contributed by atoms with van der Waals surface area (Å²) in [4.78, 5) is 0. The third-order valence-corrected chi connectivity index (χ3v) is 3.56. The summed E-state index contributed by atoms with van der Waals surface area (Å²) in [5.41, 5.74) is -0.102. The number of halogens is 5. The van der Waals surface area contributed by atoms with Crippen LogP contribution in [-0.2, 0) is 12.6 Å². The van der Waals surface area contributed by atoms with Crippen LogP contribution in [-0.4, -0.2) is 10.2 Å². The fraction of sp³-hybridized carbons (Fsp3) is 0.167. The van der Waals surface area contributed by atoms with E-state index in [1.807, 2.05) is 0 Å². The average Bonchev–Trinajstić information content (AvgIpc) is 2.33. The number of hydrogen-bond acceptors (Lipinski definition) is 2. The quantitative estimate of drug-likeness (QED) is 0.796. The van der Waals surface area contributed by atoms with Crippen molar-refractivity contribution in [3.8, 4) is 0 Å². The van der Waals surface area contributed by atoms with Gasteiger partial charge in [-0.3, -0.25) is 0 Å². The maximum Gasteiger partial charge on any atom is 0.416 e. The van der Waals surface area contributed by atoms with Crippen molar-refractivity contribution in [1.29, 1.82) is 0 Å². The van der Waals surface area contributed by atoms with E-state index in [0.29, 0.717) is 10.2 Å². The first-order chi connectivity index (χ1) is 8.88. The molecule has 0 unspecified atom stereocenters. The number of aromatic nitrogens is 2. The Morgan fingerprint density at radius 3 is 2.47 bits per heavy atom.